The molecule has 0 aromatic rings. The number of nitrogens with zero attached hydrogens (tertiary/aromatic N) is 1. The first-order valence-electron chi connectivity index (χ1n) is 5.18. The Morgan fingerprint density at radius 2 is 2.14 bits per heavy atom. The standard InChI is InChI=1S/C11H22N2O/c1-5-7-13(6-2)11(14)10(12)8-9(3)4/h5,9-10H,1,6-8,12H2,2-4H3/t10-/m0/s1. The first kappa shape index (κ1) is 13.2. The van der Waals surface area contributed by atoms with Crippen molar-refractivity contribution in [3.63, 3.8) is 0 Å². The molecular formula is C11H22N2O. The average molecular weight is 198 g/mol. The van der Waals surface area contributed by atoms with E-state index in [0.717, 1.165) is 6.42 Å². The van der Waals surface area contributed by atoms with E-state index >= 15 is 0 Å². The molecule has 3 nitrogen and oxygen atoms in total. The molecule has 0 rings (SSSR count). The molecule has 0 aliphatic rings. The smallest absolute Gasteiger partial charge is 0.239 e. The van der Waals surface area contributed by atoms with Crippen molar-refractivity contribution in [1.29, 1.82) is 0 Å². The molecule has 0 aliphatic carbocycles. The fraction of sp³-hybridized carbons (Fsp3) is 0.727. The summed E-state index contributed by atoms with van der Waals surface area (Å²) in [5.74, 6) is 0.484. The monoisotopic (exact) mass is 198 g/mol. The Labute approximate surface area is 87.0 Å². The lowest BCUT2D eigenvalue weighted by Crippen LogP contribution is -2.44. The Morgan fingerprint density at radius 1 is 1.57 bits per heavy atom. The SMILES string of the molecule is C=CCN(CC)C(=O)[C@@H](N)CC(C)C. The van der Waals surface area contributed by atoms with Gasteiger partial charge in [0.1, 0.15) is 0 Å². The van der Waals surface area contributed by atoms with Crippen molar-refractivity contribution in [3.8, 4) is 0 Å². The van der Waals surface area contributed by atoms with Gasteiger partial charge >= 0.3 is 0 Å². The van der Waals surface area contributed by atoms with E-state index in [1.165, 1.54) is 0 Å². The summed E-state index contributed by atoms with van der Waals surface area (Å²) >= 11 is 0. The zero-order valence-electron chi connectivity index (χ0n) is 9.49. The first-order valence-corrected chi connectivity index (χ1v) is 5.18. The molecule has 0 spiro atoms. The van der Waals surface area contributed by atoms with Crippen molar-refractivity contribution in [2.75, 3.05) is 13.1 Å². The molecule has 0 aliphatic heterocycles. The molecule has 0 heterocycles. The number of hydrogen-bond donors (Lipinski definition) is 1. The van der Waals surface area contributed by atoms with Crippen molar-refractivity contribution >= 4 is 5.91 Å². The van der Waals surface area contributed by atoms with E-state index in [2.05, 4.69) is 20.4 Å². The van der Waals surface area contributed by atoms with Gasteiger partial charge in [0.2, 0.25) is 5.91 Å². The van der Waals surface area contributed by atoms with Crippen LogP contribution >= 0.6 is 0 Å². The Morgan fingerprint density at radius 3 is 2.50 bits per heavy atom. The van der Waals surface area contributed by atoms with E-state index in [0.29, 0.717) is 19.0 Å². The van der Waals surface area contributed by atoms with E-state index in [-0.39, 0.29) is 11.9 Å². The van der Waals surface area contributed by atoms with Crippen LogP contribution in [0, 0.1) is 5.92 Å². The van der Waals surface area contributed by atoms with Crippen LogP contribution in [0.4, 0.5) is 0 Å². The Bertz CT molecular complexity index is 190. The van der Waals surface area contributed by atoms with Crippen molar-refractivity contribution in [1.82, 2.24) is 4.90 Å². The summed E-state index contributed by atoms with van der Waals surface area (Å²) in [6.45, 7) is 11.0. The molecular weight excluding hydrogens is 176 g/mol. The summed E-state index contributed by atoms with van der Waals surface area (Å²) < 4.78 is 0. The van der Waals surface area contributed by atoms with E-state index in [4.69, 9.17) is 5.73 Å². The Hall–Kier alpha value is -0.830. The molecule has 0 saturated heterocycles. The highest BCUT2D eigenvalue weighted by Crippen LogP contribution is 2.05. The molecule has 2 N–H and O–H groups in total. The second-order valence-electron chi connectivity index (χ2n) is 3.90. The van der Waals surface area contributed by atoms with Crippen LogP contribution in [0.25, 0.3) is 0 Å². The minimum absolute atomic E-state index is 0.0288. The maximum Gasteiger partial charge on any atom is 0.239 e. The van der Waals surface area contributed by atoms with Crippen LogP contribution in [-0.2, 0) is 4.79 Å². The van der Waals surface area contributed by atoms with Crippen LogP contribution < -0.4 is 5.73 Å². The predicted octanol–water partition coefficient (Wildman–Crippen LogP) is 1.39. The van der Waals surface area contributed by atoms with Crippen LogP contribution in [0.1, 0.15) is 27.2 Å². The van der Waals surface area contributed by atoms with Gasteiger partial charge in [-0.25, -0.2) is 0 Å². The molecule has 0 unspecified atom stereocenters. The second kappa shape index (κ2) is 6.60. The van der Waals surface area contributed by atoms with Crippen molar-refractivity contribution < 1.29 is 4.79 Å². The largest absolute Gasteiger partial charge is 0.338 e. The van der Waals surface area contributed by atoms with Gasteiger partial charge in [-0.15, -0.1) is 6.58 Å². The molecule has 1 atom stereocenters. The summed E-state index contributed by atoms with van der Waals surface area (Å²) in [4.78, 5) is 13.5. The summed E-state index contributed by atoms with van der Waals surface area (Å²) in [5, 5.41) is 0. The van der Waals surface area contributed by atoms with Gasteiger partial charge in [0.15, 0.2) is 0 Å². The van der Waals surface area contributed by atoms with Crippen molar-refractivity contribution in [3.05, 3.63) is 12.7 Å². The quantitative estimate of drug-likeness (QED) is 0.656. The molecule has 0 fully saturated rings. The normalized spacial score (nSPS) is 12.6. The minimum atomic E-state index is -0.366. The maximum atomic E-state index is 11.8. The molecule has 0 bridgehead atoms. The molecule has 1 amide bonds. The van der Waals surface area contributed by atoms with E-state index < -0.39 is 0 Å². The number of carbonyl (C=O) groups is 1. The number of rotatable bonds is 6. The average Bonchev–Trinajstić information content (AvgIpc) is 2.12. The minimum Gasteiger partial charge on any atom is -0.338 e. The Kier molecular flexibility index (Phi) is 6.21. The van der Waals surface area contributed by atoms with Gasteiger partial charge in [0, 0.05) is 13.1 Å². The van der Waals surface area contributed by atoms with Crippen LogP contribution in [-0.4, -0.2) is 29.9 Å². The van der Waals surface area contributed by atoms with Gasteiger partial charge in [0.05, 0.1) is 6.04 Å². The molecule has 0 radical (unpaired) electrons. The second-order valence-corrected chi connectivity index (χ2v) is 3.90. The lowest BCUT2D eigenvalue weighted by Gasteiger charge is -2.23. The topological polar surface area (TPSA) is 46.3 Å². The van der Waals surface area contributed by atoms with Crippen molar-refractivity contribution in [2.24, 2.45) is 11.7 Å². The summed E-state index contributed by atoms with van der Waals surface area (Å²) in [7, 11) is 0. The van der Waals surface area contributed by atoms with Gasteiger partial charge in [-0.2, -0.15) is 0 Å². The molecule has 0 aromatic carbocycles. The zero-order valence-corrected chi connectivity index (χ0v) is 9.49. The zero-order chi connectivity index (χ0) is 11.1. The Balaban J connectivity index is 4.19. The van der Waals surface area contributed by atoms with E-state index in [1.807, 2.05) is 6.92 Å². The molecule has 0 aromatic heterocycles. The number of amides is 1. The van der Waals surface area contributed by atoms with Gasteiger partial charge in [-0.3, -0.25) is 4.79 Å². The van der Waals surface area contributed by atoms with Gasteiger partial charge < -0.3 is 10.6 Å². The lowest BCUT2D eigenvalue weighted by molar-refractivity contribution is -0.132. The summed E-state index contributed by atoms with van der Waals surface area (Å²) in [6.07, 6.45) is 2.47. The number of nitrogens with two attached hydrogens (primary N) is 1. The van der Waals surface area contributed by atoms with E-state index in [1.54, 1.807) is 11.0 Å². The third-order valence-electron chi connectivity index (χ3n) is 2.09. The highest BCUT2D eigenvalue weighted by molar-refractivity contribution is 5.81. The molecule has 0 saturated carbocycles. The van der Waals surface area contributed by atoms with Crippen LogP contribution in [0.15, 0.2) is 12.7 Å². The third kappa shape index (κ3) is 4.42. The lowest BCUT2D eigenvalue weighted by atomic mass is 10.0. The molecule has 3 heteroatoms. The third-order valence-corrected chi connectivity index (χ3v) is 2.09. The van der Waals surface area contributed by atoms with Crippen LogP contribution in [0.5, 0.6) is 0 Å². The highest BCUT2D eigenvalue weighted by atomic mass is 16.2. The number of likely N-dealkylation sites (N-methyl/N-ethyl adjacent to an activating group) is 1. The van der Waals surface area contributed by atoms with Crippen LogP contribution in [0.3, 0.4) is 0 Å². The molecule has 14 heavy (non-hydrogen) atoms. The summed E-state index contributed by atoms with van der Waals surface area (Å²) in [5.41, 5.74) is 5.80. The first-order chi connectivity index (χ1) is 6.52. The summed E-state index contributed by atoms with van der Waals surface area (Å²) in [6, 6.07) is -0.366. The van der Waals surface area contributed by atoms with Gasteiger partial charge in [0.25, 0.3) is 0 Å². The number of hydrogen-bond acceptors (Lipinski definition) is 2. The maximum absolute atomic E-state index is 11.8. The highest BCUT2D eigenvalue weighted by Gasteiger charge is 2.19. The number of carbonyl (C=O) groups excluding carboxylic acids is 1. The van der Waals surface area contributed by atoms with Gasteiger partial charge in [-0.1, -0.05) is 19.9 Å². The van der Waals surface area contributed by atoms with Crippen molar-refractivity contribution in [2.45, 2.75) is 33.2 Å². The fourth-order valence-corrected chi connectivity index (χ4v) is 1.37. The predicted molar refractivity (Wildman–Crippen MR) is 59.9 cm³/mol. The fourth-order valence-electron chi connectivity index (χ4n) is 1.37. The van der Waals surface area contributed by atoms with E-state index in [9.17, 15) is 4.79 Å². The van der Waals surface area contributed by atoms with Crippen LogP contribution in [0.2, 0.25) is 0 Å². The molecule has 82 valence electrons. The van der Waals surface area contributed by atoms with Gasteiger partial charge in [-0.05, 0) is 19.3 Å².